The molecule has 1 unspecified atom stereocenters. The van der Waals surface area contributed by atoms with Gasteiger partial charge in [0, 0.05) is 21.5 Å². The van der Waals surface area contributed by atoms with Crippen molar-refractivity contribution in [2.75, 3.05) is 5.75 Å². The van der Waals surface area contributed by atoms with Crippen molar-refractivity contribution in [2.24, 2.45) is 5.84 Å². The smallest absolute Gasteiger partial charge is 0.124 e. The molecule has 0 spiro atoms. The summed E-state index contributed by atoms with van der Waals surface area (Å²) in [6.07, 6.45) is 6.12. The Kier molecular flexibility index (Phi) is 6.13. The van der Waals surface area contributed by atoms with E-state index in [1.807, 2.05) is 17.8 Å². The first kappa shape index (κ1) is 15.3. The number of hydrogen-bond acceptors (Lipinski definition) is 3. The first-order valence-electron chi connectivity index (χ1n) is 6.70. The number of nitrogens with two attached hydrogens (primary N) is 1. The Bertz CT molecular complexity index is 390. The molecule has 1 saturated carbocycles. The maximum atomic E-state index is 13.3. The molecule has 106 valence electrons. The number of hydrogen-bond donors (Lipinski definition) is 2. The summed E-state index contributed by atoms with van der Waals surface area (Å²) in [6.45, 7) is 0. The lowest BCUT2D eigenvalue weighted by Crippen LogP contribution is -2.39. The Morgan fingerprint density at radius 2 is 2.11 bits per heavy atom. The number of rotatable bonds is 6. The monoisotopic (exact) mass is 346 g/mol. The Labute approximate surface area is 126 Å². The first-order valence-corrected chi connectivity index (χ1v) is 8.54. The predicted octanol–water partition coefficient (Wildman–Crippen LogP) is 3.64. The van der Waals surface area contributed by atoms with Gasteiger partial charge in [0.2, 0.25) is 0 Å². The molecule has 0 aliphatic heterocycles. The van der Waals surface area contributed by atoms with Gasteiger partial charge in [0.25, 0.3) is 0 Å². The van der Waals surface area contributed by atoms with Crippen LogP contribution in [0.2, 0.25) is 0 Å². The molecule has 0 saturated heterocycles. The van der Waals surface area contributed by atoms with E-state index in [0.29, 0.717) is 0 Å². The van der Waals surface area contributed by atoms with Crippen molar-refractivity contribution >= 4 is 27.7 Å². The van der Waals surface area contributed by atoms with Gasteiger partial charge in [-0.2, -0.15) is 11.8 Å². The molecule has 1 aliphatic carbocycles. The van der Waals surface area contributed by atoms with Crippen molar-refractivity contribution in [1.82, 2.24) is 5.43 Å². The van der Waals surface area contributed by atoms with E-state index in [4.69, 9.17) is 5.84 Å². The zero-order valence-corrected chi connectivity index (χ0v) is 13.3. The molecule has 5 heteroatoms. The summed E-state index contributed by atoms with van der Waals surface area (Å²) in [5, 5.41) is 0.787. The van der Waals surface area contributed by atoms with E-state index in [1.165, 1.54) is 31.7 Å². The summed E-state index contributed by atoms with van der Waals surface area (Å²) in [5.41, 5.74) is 3.83. The van der Waals surface area contributed by atoms with Crippen molar-refractivity contribution in [2.45, 2.75) is 43.4 Å². The molecular formula is C14H20BrFN2S. The number of hydrazine groups is 1. The molecule has 2 rings (SSSR count). The molecule has 1 fully saturated rings. The van der Waals surface area contributed by atoms with Crippen LogP contribution in [-0.2, 0) is 6.42 Å². The highest BCUT2D eigenvalue weighted by Crippen LogP contribution is 2.30. The van der Waals surface area contributed by atoms with E-state index in [2.05, 4.69) is 21.4 Å². The van der Waals surface area contributed by atoms with E-state index in [0.717, 1.165) is 27.5 Å². The van der Waals surface area contributed by atoms with Gasteiger partial charge in [-0.25, -0.2) is 4.39 Å². The van der Waals surface area contributed by atoms with Crippen LogP contribution in [0, 0.1) is 5.82 Å². The zero-order valence-electron chi connectivity index (χ0n) is 10.9. The average Bonchev–Trinajstić information content (AvgIpc) is 2.86. The second kappa shape index (κ2) is 7.62. The van der Waals surface area contributed by atoms with Gasteiger partial charge in [-0.15, -0.1) is 0 Å². The lowest BCUT2D eigenvalue weighted by atomic mass is 10.1. The Hall–Kier alpha value is -0.100. The van der Waals surface area contributed by atoms with E-state index in [-0.39, 0.29) is 11.9 Å². The van der Waals surface area contributed by atoms with Crippen LogP contribution in [0.25, 0.3) is 0 Å². The fraction of sp³-hybridized carbons (Fsp3) is 0.571. The van der Waals surface area contributed by atoms with Gasteiger partial charge in [0.05, 0.1) is 0 Å². The maximum Gasteiger partial charge on any atom is 0.124 e. The Morgan fingerprint density at radius 3 is 2.74 bits per heavy atom. The number of nitrogens with one attached hydrogen (secondary N) is 1. The summed E-state index contributed by atoms with van der Waals surface area (Å²) in [4.78, 5) is 0. The second-order valence-electron chi connectivity index (χ2n) is 5.09. The van der Waals surface area contributed by atoms with Crippen LogP contribution in [0.1, 0.15) is 31.2 Å². The van der Waals surface area contributed by atoms with Crippen molar-refractivity contribution in [1.29, 1.82) is 0 Å². The third-order valence-electron chi connectivity index (χ3n) is 3.48. The average molecular weight is 347 g/mol. The molecule has 0 heterocycles. The first-order chi connectivity index (χ1) is 9.17. The lowest BCUT2D eigenvalue weighted by Gasteiger charge is -2.18. The molecule has 19 heavy (non-hydrogen) atoms. The Morgan fingerprint density at radius 1 is 1.37 bits per heavy atom. The fourth-order valence-electron chi connectivity index (χ4n) is 2.49. The summed E-state index contributed by atoms with van der Waals surface area (Å²) < 4.78 is 14.1. The highest BCUT2D eigenvalue weighted by molar-refractivity contribution is 9.10. The summed E-state index contributed by atoms with van der Waals surface area (Å²) in [7, 11) is 0. The summed E-state index contributed by atoms with van der Waals surface area (Å²) >= 11 is 5.32. The number of benzene rings is 1. The fourth-order valence-corrected chi connectivity index (χ4v) is 4.38. The SMILES string of the molecule is NNC(CSC1CCCC1)Cc1cc(F)cc(Br)c1. The zero-order chi connectivity index (χ0) is 13.7. The highest BCUT2D eigenvalue weighted by Gasteiger charge is 2.17. The predicted molar refractivity (Wildman–Crippen MR) is 83.6 cm³/mol. The molecule has 2 nitrogen and oxygen atoms in total. The van der Waals surface area contributed by atoms with E-state index in [1.54, 1.807) is 6.07 Å². The van der Waals surface area contributed by atoms with Crippen molar-refractivity contribution in [3.8, 4) is 0 Å². The van der Waals surface area contributed by atoms with Gasteiger partial charge < -0.3 is 0 Å². The van der Waals surface area contributed by atoms with Crippen LogP contribution in [0.3, 0.4) is 0 Å². The van der Waals surface area contributed by atoms with E-state index >= 15 is 0 Å². The number of halogens is 2. The van der Waals surface area contributed by atoms with Gasteiger partial charge in [-0.05, 0) is 43.0 Å². The minimum Gasteiger partial charge on any atom is -0.271 e. The molecule has 3 N–H and O–H groups in total. The molecule has 1 aromatic rings. The molecule has 1 aliphatic rings. The molecule has 0 amide bonds. The summed E-state index contributed by atoms with van der Waals surface area (Å²) in [6, 6.07) is 5.20. The van der Waals surface area contributed by atoms with E-state index in [9.17, 15) is 4.39 Å². The molecule has 1 atom stereocenters. The standard InChI is InChI=1S/C14H20BrFN2S/c15-11-5-10(6-12(16)8-11)7-13(18-17)9-19-14-3-1-2-4-14/h5-6,8,13-14,18H,1-4,7,9,17H2. The van der Waals surface area contributed by atoms with E-state index < -0.39 is 0 Å². The van der Waals surface area contributed by atoms with Crippen molar-refractivity contribution < 1.29 is 4.39 Å². The molecule has 0 aromatic heterocycles. The normalized spacial score (nSPS) is 17.8. The van der Waals surface area contributed by atoms with Crippen LogP contribution in [0.15, 0.2) is 22.7 Å². The molecule has 0 radical (unpaired) electrons. The molecule has 0 bridgehead atoms. The second-order valence-corrected chi connectivity index (χ2v) is 7.33. The lowest BCUT2D eigenvalue weighted by molar-refractivity contribution is 0.569. The topological polar surface area (TPSA) is 38.0 Å². The van der Waals surface area contributed by atoms with Crippen LogP contribution < -0.4 is 11.3 Å². The van der Waals surface area contributed by atoms with Gasteiger partial charge in [-0.1, -0.05) is 28.8 Å². The van der Waals surface area contributed by atoms with Crippen LogP contribution >= 0.6 is 27.7 Å². The quantitative estimate of drug-likeness (QED) is 0.610. The third-order valence-corrected chi connectivity index (χ3v) is 5.47. The van der Waals surface area contributed by atoms with Gasteiger partial charge >= 0.3 is 0 Å². The molecule has 1 aromatic carbocycles. The minimum atomic E-state index is -0.205. The van der Waals surface area contributed by atoms with Gasteiger partial charge in [-0.3, -0.25) is 11.3 Å². The van der Waals surface area contributed by atoms with Crippen LogP contribution in [-0.4, -0.2) is 17.0 Å². The van der Waals surface area contributed by atoms with Crippen LogP contribution in [0.4, 0.5) is 4.39 Å². The van der Waals surface area contributed by atoms with Crippen LogP contribution in [0.5, 0.6) is 0 Å². The van der Waals surface area contributed by atoms with Crippen molar-refractivity contribution in [3.63, 3.8) is 0 Å². The maximum absolute atomic E-state index is 13.3. The summed E-state index contributed by atoms with van der Waals surface area (Å²) in [5.74, 6) is 6.39. The third kappa shape index (κ3) is 5.06. The minimum absolute atomic E-state index is 0.194. The van der Waals surface area contributed by atoms with Crippen molar-refractivity contribution in [3.05, 3.63) is 34.1 Å². The number of thioether (sulfide) groups is 1. The largest absolute Gasteiger partial charge is 0.271 e. The highest BCUT2D eigenvalue weighted by atomic mass is 79.9. The van der Waals surface area contributed by atoms with Gasteiger partial charge in [0.1, 0.15) is 5.82 Å². The Balaban J connectivity index is 1.86. The molecular weight excluding hydrogens is 327 g/mol. The van der Waals surface area contributed by atoms with Gasteiger partial charge in [0.15, 0.2) is 0 Å².